The van der Waals surface area contributed by atoms with Gasteiger partial charge in [-0.3, -0.25) is 0 Å². The molecule has 0 heterocycles. The van der Waals surface area contributed by atoms with Crippen LogP contribution in [0.5, 0.6) is 0 Å². The molecule has 4 heteroatoms. The van der Waals surface area contributed by atoms with Crippen molar-refractivity contribution in [3.8, 4) is 6.07 Å². The van der Waals surface area contributed by atoms with Crippen LogP contribution in [0.3, 0.4) is 0 Å². The van der Waals surface area contributed by atoms with E-state index in [1.807, 2.05) is 6.07 Å². The van der Waals surface area contributed by atoms with Gasteiger partial charge in [-0.05, 0) is 23.6 Å². The molecule has 17 heavy (non-hydrogen) atoms. The molecule has 0 spiro atoms. The molecule has 0 aliphatic carbocycles. The van der Waals surface area contributed by atoms with Gasteiger partial charge in [0.1, 0.15) is 11.9 Å². The third-order valence-corrected chi connectivity index (χ3v) is 2.42. The fraction of sp³-hybridized carbons (Fsp3) is 0.462. The van der Waals surface area contributed by atoms with Crippen molar-refractivity contribution in [1.29, 1.82) is 5.26 Å². The zero-order chi connectivity index (χ0) is 12.7. The van der Waals surface area contributed by atoms with Gasteiger partial charge in [0.05, 0.1) is 5.56 Å². The first kappa shape index (κ1) is 13.6. The van der Waals surface area contributed by atoms with E-state index in [-0.39, 0.29) is 5.56 Å². The van der Waals surface area contributed by atoms with Gasteiger partial charge in [-0.1, -0.05) is 13.0 Å². The topological polar surface area (TPSA) is 45.0 Å². The molecule has 1 N–H and O–H groups in total. The van der Waals surface area contributed by atoms with Gasteiger partial charge < -0.3 is 10.1 Å². The van der Waals surface area contributed by atoms with Crippen LogP contribution in [0.25, 0.3) is 0 Å². The number of nitrogens with zero attached hydrogens (tertiary/aromatic N) is 1. The molecule has 0 bridgehead atoms. The van der Waals surface area contributed by atoms with Crippen molar-refractivity contribution < 1.29 is 9.13 Å². The predicted molar refractivity (Wildman–Crippen MR) is 63.9 cm³/mol. The molecule has 1 atom stereocenters. The van der Waals surface area contributed by atoms with Gasteiger partial charge in [-0.15, -0.1) is 0 Å². The van der Waals surface area contributed by atoms with Gasteiger partial charge >= 0.3 is 0 Å². The van der Waals surface area contributed by atoms with E-state index in [1.165, 1.54) is 6.07 Å². The van der Waals surface area contributed by atoms with E-state index in [2.05, 4.69) is 12.2 Å². The number of nitrogens with one attached hydrogen (secondary N) is 1. The number of methoxy groups -OCH3 is 1. The Morgan fingerprint density at radius 1 is 1.53 bits per heavy atom. The van der Waals surface area contributed by atoms with Crippen LogP contribution in [-0.2, 0) is 11.3 Å². The van der Waals surface area contributed by atoms with Gasteiger partial charge in [-0.25, -0.2) is 4.39 Å². The third-order valence-electron chi connectivity index (χ3n) is 2.42. The lowest BCUT2D eigenvalue weighted by Gasteiger charge is -2.11. The van der Waals surface area contributed by atoms with Gasteiger partial charge in [-0.2, -0.15) is 5.26 Å². The lowest BCUT2D eigenvalue weighted by Crippen LogP contribution is -2.23. The van der Waals surface area contributed by atoms with Crippen LogP contribution >= 0.6 is 0 Å². The van der Waals surface area contributed by atoms with Gasteiger partial charge in [0.2, 0.25) is 0 Å². The molecule has 0 aliphatic rings. The molecule has 0 radical (unpaired) electrons. The van der Waals surface area contributed by atoms with Crippen LogP contribution in [0.4, 0.5) is 4.39 Å². The van der Waals surface area contributed by atoms with Crippen LogP contribution in [-0.4, -0.2) is 20.3 Å². The molecule has 92 valence electrons. The van der Waals surface area contributed by atoms with Crippen molar-refractivity contribution >= 4 is 0 Å². The third kappa shape index (κ3) is 4.51. The van der Waals surface area contributed by atoms with Crippen molar-refractivity contribution in [2.45, 2.75) is 13.5 Å². The normalized spacial score (nSPS) is 12.1. The number of rotatable bonds is 6. The first-order valence-corrected chi connectivity index (χ1v) is 5.55. The Morgan fingerprint density at radius 3 is 2.94 bits per heavy atom. The number of halogens is 1. The summed E-state index contributed by atoms with van der Waals surface area (Å²) in [7, 11) is 1.68. The number of ether oxygens (including phenoxy) is 1. The van der Waals surface area contributed by atoms with Gasteiger partial charge in [0.15, 0.2) is 0 Å². The van der Waals surface area contributed by atoms with Crippen LogP contribution in [0, 0.1) is 23.1 Å². The summed E-state index contributed by atoms with van der Waals surface area (Å²) in [5.41, 5.74) is 1.00. The molecule has 3 nitrogen and oxygen atoms in total. The number of nitriles is 1. The summed E-state index contributed by atoms with van der Waals surface area (Å²) in [6, 6.07) is 6.42. The molecule has 0 saturated heterocycles. The Morgan fingerprint density at radius 2 is 2.29 bits per heavy atom. The van der Waals surface area contributed by atoms with Crippen LogP contribution < -0.4 is 5.32 Å². The molecule has 0 aromatic heterocycles. The average molecular weight is 236 g/mol. The Labute approximate surface area is 101 Å². The molecule has 1 unspecified atom stereocenters. The summed E-state index contributed by atoms with van der Waals surface area (Å²) < 4.78 is 18.1. The molecule has 0 fully saturated rings. The fourth-order valence-electron chi connectivity index (χ4n) is 1.57. The maximum Gasteiger partial charge on any atom is 0.140 e. The fourth-order valence-corrected chi connectivity index (χ4v) is 1.57. The summed E-state index contributed by atoms with van der Waals surface area (Å²) in [4.78, 5) is 0. The number of hydrogen-bond acceptors (Lipinski definition) is 3. The Balaban J connectivity index is 2.45. The second-order valence-electron chi connectivity index (χ2n) is 4.12. The van der Waals surface area contributed by atoms with Crippen LogP contribution in [0.15, 0.2) is 18.2 Å². The van der Waals surface area contributed by atoms with E-state index in [4.69, 9.17) is 10.00 Å². The highest BCUT2D eigenvalue weighted by Crippen LogP contribution is 2.09. The average Bonchev–Trinajstić information content (AvgIpc) is 2.31. The maximum absolute atomic E-state index is 13.1. The second-order valence-corrected chi connectivity index (χ2v) is 4.12. The standard InChI is InChI=1S/C13H17FN2O/c1-10(9-17-2)7-16-8-11-3-4-13(14)12(5-11)6-15/h3-5,10,16H,7-9H2,1-2H3. The Bertz CT molecular complexity index is 401. The monoisotopic (exact) mass is 236 g/mol. The summed E-state index contributed by atoms with van der Waals surface area (Å²) in [6.07, 6.45) is 0. The van der Waals surface area contributed by atoms with E-state index < -0.39 is 5.82 Å². The highest BCUT2D eigenvalue weighted by molar-refractivity contribution is 5.34. The molecular weight excluding hydrogens is 219 g/mol. The lowest BCUT2D eigenvalue weighted by atomic mass is 10.1. The molecule has 0 amide bonds. The number of benzene rings is 1. The van der Waals surface area contributed by atoms with Crippen molar-refractivity contribution in [2.75, 3.05) is 20.3 Å². The van der Waals surface area contributed by atoms with Crippen molar-refractivity contribution in [1.82, 2.24) is 5.32 Å². The summed E-state index contributed by atoms with van der Waals surface area (Å²) in [5, 5.41) is 11.9. The van der Waals surface area contributed by atoms with E-state index in [1.54, 1.807) is 19.2 Å². The smallest absolute Gasteiger partial charge is 0.140 e. The minimum absolute atomic E-state index is 0.0919. The van der Waals surface area contributed by atoms with Crippen molar-refractivity contribution in [3.63, 3.8) is 0 Å². The van der Waals surface area contributed by atoms with Crippen molar-refractivity contribution in [3.05, 3.63) is 35.1 Å². The van der Waals surface area contributed by atoms with Crippen LogP contribution in [0.1, 0.15) is 18.1 Å². The highest BCUT2D eigenvalue weighted by Gasteiger charge is 2.04. The highest BCUT2D eigenvalue weighted by atomic mass is 19.1. The Hall–Kier alpha value is -1.44. The van der Waals surface area contributed by atoms with Gasteiger partial charge in [0.25, 0.3) is 0 Å². The first-order valence-electron chi connectivity index (χ1n) is 5.55. The van der Waals surface area contributed by atoms with E-state index in [9.17, 15) is 4.39 Å². The zero-order valence-electron chi connectivity index (χ0n) is 10.2. The van der Waals surface area contributed by atoms with E-state index >= 15 is 0 Å². The Kier molecular flexibility index (Phi) is 5.61. The van der Waals surface area contributed by atoms with E-state index in [0.29, 0.717) is 19.1 Å². The minimum Gasteiger partial charge on any atom is -0.384 e. The summed E-state index contributed by atoms with van der Waals surface area (Å²) in [5.74, 6) is -0.0418. The quantitative estimate of drug-likeness (QED) is 0.822. The largest absolute Gasteiger partial charge is 0.384 e. The molecule has 1 rings (SSSR count). The second kappa shape index (κ2) is 7.00. The molecule has 1 aromatic carbocycles. The SMILES string of the molecule is COCC(C)CNCc1ccc(F)c(C#N)c1. The van der Waals surface area contributed by atoms with Crippen LogP contribution in [0.2, 0.25) is 0 Å². The number of hydrogen-bond donors (Lipinski definition) is 1. The summed E-state index contributed by atoms with van der Waals surface area (Å²) in [6.45, 7) is 4.25. The minimum atomic E-state index is -0.469. The molecule has 0 aliphatic heterocycles. The zero-order valence-corrected chi connectivity index (χ0v) is 10.2. The predicted octanol–water partition coefficient (Wildman–Crippen LogP) is 2.07. The first-order chi connectivity index (χ1) is 8.17. The van der Waals surface area contributed by atoms with E-state index in [0.717, 1.165) is 12.1 Å². The van der Waals surface area contributed by atoms with Gasteiger partial charge in [0, 0.05) is 26.8 Å². The lowest BCUT2D eigenvalue weighted by molar-refractivity contribution is 0.158. The maximum atomic E-state index is 13.1. The molecular formula is C13H17FN2O. The summed E-state index contributed by atoms with van der Waals surface area (Å²) >= 11 is 0. The molecule has 1 aromatic rings. The van der Waals surface area contributed by atoms with Crippen molar-refractivity contribution in [2.24, 2.45) is 5.92 Å². The molecule has 0 saturated carbocycles.